The molecule has 0 spiro atoms. The van der Waals surface area contributed by atoms with Gasteiger partial charge in [-0.05, 0) is 61.7 Å². The van der Waals surface area contributed by atoms with Crippen LogP contribution in [0.4, 0.5) is 17.5 Å². The molecular formula is C25H30N6O2. The summed E-state index contributed by atoms with van der Waals surface area (Å²) in [5, 5.41) is 3.34. The van der Waals surface area contributed by atoms with E-state index in [2.05, 4.69) is 58.1 Å². The van der Waals surface area contributed by atoms with Gasteiger partial charge in [0.25, 0.3) is 0 Å². The van der Waals surface area contributed by atoms with Gasteiger partial charge in [0.2, 0.25) is 5.95 Å². The number of aromatic nitrogens is 4. The number of rotatable bonds is 10. The lowest BCUT2D eigenvalue weighted by atomic mass is 10.2. The molecule has 8 heteroatoms. The summed E-state index contributed by atoms with van der Waals surface area (Å²) < 4.78 is 11.2. The van der Waals surface area contributed by atoms with Crippen molar-refractivity contribution in [1.82, 2.24) is 19.9 Å². The molecule has 0 aliphatic heterocycles. The van der Waals surface area contributed by atoms with Crippen LogP contribution in [0.2, 0.25) is 0 Å². The number of aryl methyl sites for hydroxylation is 1. The highest BCUT2D eigenvalue weighted by atomic mass is 16.5. The summed E-state index contributed by atoms with van der Waals surface area (Å²) in [7, 11) is 1.63. The average Bonchev–Trinajstić information content (AvgIpc) is 3.21. The Morgan fingerprint density at radius 3 is 2.33 bits per heavy atom. The first-order valence-electron chi connectivity index (χ1n) is 11.3. The zero-order valence-electron chi connectivity index (χ0n) is 19.6. The van der Waals surface area contributed by atoms with E-state index in [1.54, 1.807) is 7.11 Å². The van der Waals surface area contributed by atoms with E-state index in [-0.39, 0.29) is 6.01 Å². The number of hydrogen-bond acceptors (Lipinski definition) is 7. The number of fused-ring (bicyclic) bond motifs is 1. The van der Waals surface area contributed by atoms with Crippen molar-refractivity contribution in [3.8, 4) is 17.5 Å². The maximum Gasteiger partial charge on any atom is 0.326 e. The topological polar surface area (TPSA) is 88.2 Å². The third-order valence-corrected chi connectivity index (χ3v) is 5.15. The molecule has 2 aromatic heterocycles. The molecule has 172 valence electrons. The lowest BCUT2D eigenvalue weighted by Crippen LogP contribution is -2.26. The molecular weight excluding hydrogens is 416 g/mol. The molecule has 2 aromatic carbocycles. The van der Waals surface area contributed by atoms with Crippen LogP contribution in [0.25, 0.3) is 11.2 Å². The molecule has 0 bridgehead atoms. The molecule has 0 saturated carbocycles. The van der Waals surface area contributed by atoms with Crippen LogP contribution < -0.4 is 19.7 Å². The zero-order chi connectivity index (χ0) is 23.2. The van der Waals surface area contributed by atoms with Gasteiger partial charge in [-0.3, -0.25) is 0 Å². The van der Waals surface area contributed by atoms with Crippen molar-refractivity contribution in [2.24, 2.45) is 0 Å². The summed E-state index contributed by atoms with van der Waals surface area (Å²) >= 11 is 0. The van der Waals surface area contributed by atoms with Gasteiger partial charge in [-0.15, -0.1) is 0 Å². The van der Waals surface area contributed by atoms with Gasteiger partial charge in [0.15, 0.2) is 11.5 Å². The summed E-state index contributed by atoms with van der Waals surface area (Å²) in [5.41, 5.74) is 3.46. The lowest BCUT2D eigenvalue weighted by Gasteiger charge is -2.23. The number of benzene rings is 2. The Labute approximate surface area is 194 Å². The standard InChI is InChI=1S/C25H30N6O2/c1-5-14-31(15-6-2)23-21-22(28-24(27-21)26-18-9-7-8-17(3)16-18)29-25(30-23)33-20-12-10-19(32-4)11-13-20/h7-13,16H,5-6,14-15H2,1-4H3,(H2,26,27,28,29,30). The quantitative estimate of drug-likeness (QED) is 0.317. The number of nitrogens with zero attached hydrogens (tertiary/aromatic N) is 4. The van der Waals surface area contributed by atoms with Crippen LogP contribution in [-0.4, -0.2) is 40.1 Å². The summed E-state index contributed by atoms with van der Waals surface area (Å²) in [5.74, 6) is 2.79. The van der Waals surface area contributed by atoms with Crippen molar-refractivity contribution in [3.05, 3.63) is 54.1 Å². The fourth-order valence-electron chi connectivity index (χ4n) is 3.67. The maximum absolute atomic E-state index is 6.00. The fraction of sp³-hybridized carbons (Fsp3) is 0.320. The molecule has 2 heterocycles. The molecule has 0 aliphatic rings. The second-order valence-electron chi connectivity index (χ2n) is 7.87. The number of anilines is 3. The van der Waals surface area contributed by atoms with Gasteiger partial charge in [-0.1, -0.05) is 26.0 Å². The molecule has 0 radical (unpaired) electrons. The first kappa shape index (κ1) is 22.4. The monoisotopic (exact) mass is 446 g/mol. The van der Waals surface area contributed by atoms with E-state index in [0.29, 0.717) is 17.3 Å². The van der Waals surface area contributed by atoms with Crippen molar-refractivity contribution in [2.45, 2.75) is 33.6 Å². The Morgan fingerprint density at radius 1 is 0.939 bits per heavy atom. The van der Waals surface area contributed by atoms with E-state index in [1.807, 2.05) is 36.4 Å². The summed E-state index contributed by atoms with van der Waals surface area (Å²) in [6, 6.07) is 15.7. The van der Waals surface area contributed by atoms with Gasteiger partial charge in [0, 0.05) is 18.8 Å². The minimum Gasteiger partial charge on any atom is -0.497 e. The Hall–Kier alpha value is -3.81. The molecule has 0 atom stereocenters. The lowest BCUT2D eigenvalue weighted by molar-refractivity contribution is 0.411. The largest absolute Gasteiger partial charge is 0.497 e. The first-order chi connectivity index (χ1) is 16.1. The number of hydrogen-bond donors (Lipinski definition) is 2. The molecule has 4 aromatic rings. The molecule has 0 fully saturated rings. The molecule has 33 heavy (non-hydrogen) atoms. The van der Waals surface area contributed by atoms with Crippen LogP contribution in [0, 0.1) is 6.92 Å². The van der Waals surface area contributed by atoms with Crippen molar-refractivity contribution in [1.29, 1.82) is 0 Å². The smallest absolute Gasteiger partial charge is 0.326 e. The highest BCUT2D eigenvalue weighted by Crippen LogP contribution is 2.30. The average molecular weight is 447 g/mol. The first-order valence-corrected chi connectivity index (χ1v) is 11.3. The Kier molecular flexibility index (Phi) is 6.92. The second kappa shape index (κ2) is 10.2. The minimum atomic E-state index is 0.258. The number of nitrogens with one attached hydrogen (secondary N) is 2. The molecule has 0 aliphatic carbocycles. The third-order valence-electron chi connectivity index (χ3n) is 5.15. The Balaban J connectivity index is 1.73. The van der Waals surface area contributed by atoms with Crippen LogP contribution in [0.3, 0.4) is 0 Å². The van der Waals surface area contributed by atoms with Crippen LogP contribution in [-0.2, 0) is 0 Å². The highest BCUT2D eigenvalue weighted by molar-refractivity contribution is 5.86. The van der Waals surface area contributed by atoms with Crippen molar-refractivity contribution < 1.29 is 9.47 Å². The van der Waals surface area contributed by atoms with Crippen LogP contribution in [0.15, 0.2) is 48.5 Å². The summed E-state index contributed by atoms with van der Waals surface area (Å²) in [6.07, 6.45) is 2.01. The van der Waals surface area contributed by atoms with Crippen molar-refractivity contribution in [3.63, 3.8) is 0 Å². The summed E-state index contributed by atoms with van der Waals surface area (Å²) in [6.45, 7) is 8.13. The zero-order valence-corrected chi connectivity index (χ0v) is 19.6. The van der Waals surface area contributed by atoms with Crippen LogP contribution in [0.5, 0.6) is 17.5 Å². The van der Waals surface area contributed by atoms with Crippen LogP contribution in [0.1, 0.15) is 32.3 Å². The highest BCUT2D eigenvalue weighted by Gasteiger charge is 2.19. The summed E-state index contributed by atoms with van der Waals surface area (Å²) in [4.78, 5) is 19.7. The number of H-pyrrole nitrogens is 1. The number of ether oxygens (including phenoxy) is 2. The van der Waals surface area contributed by atoms with Gasteiger partial charge in [0.05, 0.1) is 7.11 Å². The SMILES string of the molecule is CCCN(CCC)c1nc(Oc2ccc(OC)cc2)nc2nc(Nc3cccc(C)c3)[nH]c12. The number of methoxy groups -OCH3 is 1. The van der Waals surface area contributed by atoms with E-state index < -0.39 is 0 Å². The van der Waals surface area contributed by atoms with Crippen molar-refractivity contribution in [2.75, 3.05) is 30.4 Å². The molecule has 2 N–H and O–H groups in total. The fourth-order valence-corrected chi connectivity index (χ4v) is 3.67. The third kappa shape index (κ3) is 5.34. The molecule has 0 unspecified atom stereocenters. The van der Waals surface area contributed by atoms with Gasteiger partial charge in [-0.2, -0.15) is 15.0 Å². The van der Waals surface area contributed by atoms with Gasteiger partial charge >= 0.3 is 6.01 Å². The molecule has 8 nitrogen and oxygen atoms in total. The van der Waals surface area contributed by atoms with Crippen molar-refractivity contribution >= 4 is 28.6 Å². The molecule has 4 rings (SSSR count). The predicted molar refractivity (Wildman–Crippen MR) is 132 cm³/mol. The normalized spacial score (nSPS) is 10.9. The van der Waals surface area contributed by atoms with Gasteiger partial charge in [-0.25, -0.2) is 0 Å². The van der Waals surface area contributed by atoms with Gasteiger partial charge < -0.3 is 24.7 Å². The van der Waals surface area contributed by atoms with Gasteiger partial charge in [0.1, 0.15) is 17.0 Å². The Morgan fingerprint density at radius 2 is 1.67 bits per heavy atom. The second-order valence-corrected chi connectivity index (χ2v) is 7.87. The number of aromatic amines is 1. The Bertz CT molecular complexity index is 1200. The predicted octanol–water partition coefficient (Wildman–Crippen LogP) is 5.83. The van der Waals surface area contributed by atoms with E-state index in [9.17, 15) is 0 Å². The van der Waals surface area contributed by atoms with E-state index in [1.165, 1.54) is 5.56 Å². The van der Waals surface area contributed by atoms with E-state index >= 15 is 0 Å². The molecule has 0 amide bonds. The van der Waals surface area contributed by atoms with E-state index in [0.717, 1.165) is 48.7 Å². The van der Waals surface area contributed by atoms with Crippen LogP contribution >= 0.6 is 0 Å². The number of imidazole rings is 1. The maximum atomic E-state index is 6.00. The molecule has 0 saturated heterocycles. The minimum absolute atomic E-state index is 0.258. The van der Waals surface area contributed by atoms with E-state index in [4.69, 9.17) is 14.5 Å².